The van der Waals surface area contributed by atoms with Crippen molar-refractivity contribution in [1.82, 2.24) is 9.88 Å². The summed E-state index contributed by atoms with van der Waals surface area (Å²) in [7, 11) is 0. The van der Waals surface area contributed by atoms with E-state index in [2.05, 4.69) is 10.6 Å². The third-order valence-corrected chi connectivity index (χ3v) is 7.46. The van der Waals surface area contributed by atoms with Gasteiger partial charge in [-0.05, 0) is 63.4 Å². The molecule has 1 aliphatic heterocycles. The van der Waals surface area contributed by atoms with E-state index in [-0.39, 0.29) is 35.8 Å². The van der Waals surface area contributed by atoms with Crippen LogP contribution < -0.4 is 15.5 Å². The molecule has 2 aromatic carbocycles. The first kappa shape index (κ1) is 24.0. The van der Waals surface area contributed by atoms with Crippen LogP contribution in [0.4, 0.5) is 15.8 Å². The van der Waals surface area contributed by atoms with Gasteiger partial charge in [0.05, 0.1) is 17.7 Å². The molecule has 3 aromatic rings. The van der Waals surface area contributed by atoms with Crippen LogP contribution in [0.3, 0.4) is 0 Å². The number of benzene rings is 2. The van der Waals surface area contributed by atoms with Crippen LogP contribution in [-0.4, -0.2) is 33.9 Å². The smallest absolute Gasteiger partial charge is 0.278 e. The average Bonchev–Trinajstić information content (AvgIpc) is 3.41. The summed E-state index contributed by atoms with van der Waals surface area (Å²) in [5.41, 5.74) is 2.36. The highest BCUT2D eigenvalue weighted by Crippen LogP contribution is 2.42. The van der Waals surface area contributed by atoms with Crippen LogP contribution in [0.1, 0.15) is 61.1 Å². The first-order valence-corrected chi connectivity index (χ1v) is 12.4. The summed E-state index contributed by atoms with van der Waals surface area (Å²) in [6.45, 7) is 7.18. The molecule has 1 fully saturated rings. The molecule has 36 heavy (non-hydrogen) atoms. The van der Waals surface area contributed by atoms with E-state index in [4.69, 9.17) is 0 Å². The van der Waals surface area contributed by atoms with Crippen molar-refractivity contribution in [3.8, 4) is 0 Å². The average molecular weight is 491 g/mol. The standard InChI is InChI=1S/C28H31FN4O3/c1-16-9-11-22(17(2)13-16)33-26(35)25-24(30-18(3)34)21-14-19(29)10-12-23(21)32(25)15-28(33,4)27(36)31-20-7-5-6-8-20/h9-14,20H,5-8,15H2,1-4H3,(H,30,34)(H,31,36)/t28-/m0/s1. The van der Waals surface area contributed by atoms with Crippen LogP contribution in [0.15, 0.2) is 36.4 Å². The van der Waals surface area contributed by atoms with Crippen molar-refractivity contribution in [1.29, 1.82) is 0 Å². The van der Waals surface area contributed by atoms with E-state index in [0.717, 1.165) is 36.8 Å². The van der Waals surface area contributed by atoms with Gasteiger partial charge in [-0.25, -0.2) is 4.39 Å². The molecule has 3 amide bonds. The minimum atomic E-state index is -1.25. The zero-order chi connectivity index (χ0) is 25.8. The van der Waals surface area contributed by atoms with Gasteiger partial charge in [0.1, 0.15) is 17.1 Å². The number of halogens is 1. The van der Waals surface area contributed by atoms with Crippen LogP contribution >= 0.6 is 0 Å². The zero-order valence-electron chi connectivity index (χ0n) is 21.1. The summed E-state index contributed by atoms with van der Waals surface area (Å²) < 4.78 is 16.0. The van der Waals surface area contributed by atoms with Crippen molar-refractivity contribution < 1.29 is 18.8 Å². The number of hydrogen-bond donors (Lipinski definition) is 2. The molecule has 2 N–H and O–H groups in total. The van der Waals surface area contributed by atoms with Crippen LogP contribution in [0.25, 0.3) is 10.9 Å². The highest BCUT2D eigenvalue weighted by atomic mass is 19.1. The maximum absolute atomic E-state index is 14.3. The Morgan fingerprint density at radius 2 is 1.81 bits per heavy atom. The predicted molar refractivity (Wildman–Crippen MR) is 138 cm³/mol. The van der Waals surface area contributed by atoms with Gasteiger partial charge < -0.3 is 15.2 Å². The molecule has 1 saturated carbocycles. The molecule has 7 nitrogen and oxygen atoms in total. The topological polar surface area (TPSA) is 83.4 Å². The Balaban J connectivity index is 1.74. The Bertz CT molecular complexity index is 1410. The van der Waals surface area contributed by atoms with Crippen molar-refractivity contribution >= 4 is 40.0 Å². The number of carbonyl (C=O) groups is 3. The number of hydrogen-bond acceptors (Lipinski definition) is 3. The fourth-order valence-electron chi connectivity index (χ4n) is 5.74. The number of aromatic nitrogens is 1. The second-order valence-corrected chi connectivity index (χ2v) is 10.3. The minimum absolute atomic E-state index is 0.0808. The van der Waals surface area contributed by atoms with Gasteiger partial charge in [-0.2, -0.15) is 0 Å². The van der Waals surface area contributed by atoms with Gasteiger partial charge in [-0.3, -0.25) is 19.3 Å². The molecule has 0 spiro atoms. The van der Waals surface area contributed by atoms with Crippen LogP contribution in [-0.2, 0) is 16.1 Å². The molecular weight excluding hydrogens is 459 g/mol. The third-order valence-electron chi connectivity index (χ3n) is 7.46. The molecule has 0 radical (unpaired) electrons. The molecule has 2 aliphatic rings. The molecule has 0 unspecified atom stereocenters. The number of nitrogens with zero attached hydrogens (tertiary/aromatic N) is 2. The van der Waals surface area contributed by atoms with Crippen molar-refractivity contribution in [2.24, 2.45) is 0 Å². The lowest BCUT2D eigenvalue weighted by atomic mass is 9.92. The number of aryl methyl sites for hydroxylation is 2. The maximum Gasteiger partial charge on any atom is 0.278 e. The van der Waals surface area contributed by atoms with E-state index in [1.807, 2.05) is 32.0 Å². The molecular formula is C28H31FN4O3. The van der Waals surface area contributed by atoms with Gasteiger partial charge >= 0.3 is 0 Å². The molecule has 188 valence electrons. The largest absolute Gasteiger partial charge is 0.351 e. The van der Waals surface area contributed by atoms with E-state index in [1.54, 1.807) is 22.5 Å². The second-order valence-electron chi connectivity index (χ2n) is 10.3. The van der Waals surface area contributed by atoms with Gasteiger partial charge in [-0.15, -0.1) is 0 Å². The lowest BCUT2D eigenvalue weighted by Crippen LogP contribution is -2.65. The first-order valence-electron chi connectivity index (χ1n) is 12.4. The Hall–Kier alpha value is -3.68. The van der Waals surface area contributed by atoms with Gasteiger partial charge in [0.25, 0.3) is 5.91 Å². The number of amides is 3. The molecule has 0 bridgehead atoms. The highest BCUT2D eigenvalue weighted by molar-refractivity contribution is 6.20. The van der Waals surface area contributed by atoms with Crippen LogP contribution in [0, 0.1) is 19.7 Å². The quantitative estimate of drug-likeness (QED) is 0.549. The Morgan fingerprint density at radius 1 is 1.08 bits per heavy atom. The Labute approximate surface area is 209 Å². The van der Waals surface area contributed by atoms with E-state index in [9.17, 15) is 18.8 Å². The fourth-order valence-corrected chi connectivity index (χ4v) is 5.74. The maximum atomic E-state index is 14.3. The molecule has 1 atom stereocenters. The minimum Gasteiger partial charge on any atom is -0.351 e. The molecule has 0 saturated heterocycles. The molecule has 8 heteroatoms. The monoisotopic (exact) mass is 490 g/mol. The van der Waals surface area contributed by atoms with Gasteiger partial charge in [0.2, 0.25) is 11.8 Å². The number of fused-ring (bicyclic) bond motifs is 3. The summed E-state index contributed by atoms with van der Waals surface area (Å²) in [5.74, 6) is -1.48. The SMILES string of the molecule is CC(=O)Nc1c2n(c3ccc(F)cc13)C[C@@](C)(C(=O)NC1CCCC1)N(c1ccc(C)cc1C)C2=O. The Morgan fingerprint density at radius 3 is 2.47 bits per heavy atom. The van der Waals surface area contributed by atoms with Crippen molar-refractivity contribution in [2.45, 2.75) is 71.5 Å². The van der Waals surface area contributed by atoms with Gasteiger partial charge in [0, 0.05) is 24.0 Å². The molecule has 1 aromatic heterocycles. The van der Waals surface area contributed by atoms with Crippen molar-refractivity contribution in [2.75, 3.05) is 10.2 Å². The van der Waals surface area contributed by atoms with E-state index < -0.39 is 17.3 Å². The molecule has 1 aliphatic carbocycles. The Kier molecular flexibility index (Phi) is 5.85. The lowest BCUT2D eigenvalue weighted by Gasteiger charge is -2.45. The lowest BCUT2D eigenvalue weighted by molar-refractivity contribution is -0.127. The van der Waals surface area contributed by atoms with Gasteiger partial charge in [0.15, 0.2) is 0 Å². The summed E-state index contributed by atoms with van der Waals surface area (Å²) >= 11 is 0. The molecule has 2 heterocycles. The van der Waals surface area contributed by atoms with Crippen molar-refractivity contribution in [3.05, 3.63) is 59.0 Å². The predicted octanol–water partition coefficient (Wildman–Crippen LogP) is 4.83. The fraction of sp³-hybridized carbons (Fsp3) is 0.393. The highest BCUT2D eigenvalue weighted by Gasteiger charge is 2.50. The normalized spacial score (nSPS) is 20.0. The molecule has 5 rings (SSSR count). The third kappa shape index (κ3) is 3.85. The van der Waals surface area contributed by atoms with Crippen LogP contribution in [0.5, 0.6) is 0 Å². The van der Waals surface area contributed by atoms with Crippen LogP contribution in [0.2, 0.25) is 0 Å². The second kappa shape index (κ2) is 8.76. The summed E-state index contributed by atoms with van der Waals surface area (Å²) in [6.07, 6.45) is 3.98. The summed E-state index contributed by atoms with van der Waals surface area (Å²) in [5, 5.41) is 6.37. The summed E-state index contributed by atoms with van der Waals surface area (Å²) in [6, 6.07) is 10.1. The number of nitrogens with one attached hydrogen (secondary N) is 2. The number of anilines is 2. The zero-order valence-corrected chi connectivity index (χ0v) is 21.1. The summed E-state index contributed by atoms with van der Waals surface area (Å²) in [4.78, 5) is 41.9. The number of rotatable bonds is 4. The van der Waals surface area contributed by atoms with E-state index in [0.29, 0.717) is 16.6 Å². The number of carbonyl (C=O) groups excluding carboxylic acids is 3. The van der Waals surface area contributed by atoms with Crippen molar-refractivity contribution in [3.63, 3.8) is 0 Å². The van der Waals surface area contributed by atoms with E-state index >= 15 is 0 Å². The van der Waals surface area contributed by atoms with E-state index in [1.165, 1.54) is 19.1 Å². The first-order chi connectivity index (χ1) is 17.1. The van der Waals surface area contributed by atoms with Gasteiger partial charge in [-0.1, -0.05) is 30.5 Å².